The van der Waals surface area contributed by atoms with Gasteiger partial charge < -0.3 is 4.74 Å². The van der Waals surface area contributed by atoms with E-state index in [1.165, 1.54) is 0 Å². The van der Waals surface area contributed by atoms with Crippen molar-refractivity contribution in [2.24, 2.45) is 5.10 Å². The number of aryl methyl sites for hydroxylation is 2. The number of amides is 1. The number of benzene rings is 1. The molecule has 150 valence electrons. The van der Waals surface area contributed by atoms with E-state index in [1.807, 2.05) is 19.1 Å². The van der Waals surface area contributed by atoms with Crippen LogP contribution < -0.4 is 0 Å². The Hall–Kier alpha value is -2.55. The molecule has 0 unspecified atom stereocenters. The van der Waals surface area contributed by atoms with Crippen molar-refractivity contribution in [3.8, 4) is 0 Å². The highest BCUT2D eigenvalue weighted by Gasteiger charge is 2.37. The first-order valence-corrected chi connectivity index (χ1v) is 10.9. The third-order valence-corrected chi connectivity index (χ3v) is 6.63. The number of esters is 1. The fourth-order valence-electron chi connectivity index (χ4n) is 3.30. The number of sulfone groups is 1. The minimum Gasteiger partial charge on any atom is -0.453 e. The Labute approximate surface area is 163 Å². The second kappa shape index (κ2) is 7.83. The van der Waals surface area contributed by atoms with Crippen LogP contribution in [0.3, 0.4) is 0 Å². The number of carbonyl (C=O) groups is 3. The number of hydrazone groups is 1. The zero-order valence-electron chi connectivity index (χ0n) is 15.8. The number of ether oxygens (including phenoxy) is 1. The molecule has 2 aliphatic heterocycles. The predicted molar refractivity (Wildman–Crippen MR) is 102 cm³/mol. The second-order valence-corrected chi connectivity index (χ2v) is 9.39. The van der Waals surface area contributed by atoms with Crippen molar-refractivity contribution in [3.63, 3.8) is 0 Å². The summed E-state index contributed by atoms with van der Waals surface area (Å²) < 4.78 is 28.4. The lowest BCUT2D eigenvalue weighted by Gasteiger charge is -2.27. The summed E-state index contributed by atoms with van der Waals surface area (Å²) in [5, 5.41) is 5.14. The molecule has 1 aromatic carbocycles. The first-order valence-electron chi connectivity index (χ1n) is 9.04. The van der Waals surface area contributed by atoms with E-state index in [-0.39, 0.29) is 41.7 Å². The molecule has 0 spiro atoms. The first-order chi connectivity index (χ1) is 13.2. The van der Waals surface area contributed by atoms with Crippen molar-refractivity contribution >= 4 is 33.2 Å². The van der Waals surface area contributed by atoms with Gasteiger partial charge in [-0.2, -0.15) is 5.10 Å². The maximum Gasteiger partial charge on any atom is 0.354 e. The second-order valence-electron chi connectivity index (χ2n) is 7.16. The maximum absolute atomic E-state index is 12.4. The van der Waals surface area contributed by atoms with Crippen LogP contribution >= 0.6 is 0 Å². The number of ketones is 1. The van der Waals surface area contributed by atoms with Crippen molar-refractivity contribution < 1.29 is 27.5 Å². The van der Waals surface area contributed by atoms with E-state index in [2.05, 4.69) is 5.10 Å². The van der Waals surface area contributed by atoms with Crippen molar-refractivity contribution in [2.45, 2.75) is 39.2 Å². The molecule has 1 saturated heterocycles. The van der Waals surface area contributed by atoms with E-state index in [0.29, 0.717) is 12.0 Å². The number of rotatable bonds is 5. The van der Waals surface area contributed by atoms with Crippen molar-refractivity contribution in [1.29, 1.82) is 0 Å². The smallest absolute Gasteiger partial charge is 0.354 e. The summed E-state index contributed by atoms with van der Waals surface area (Å²) in [7, 11) is -3.19. The Morgan fingerprint density at radius 3 is 2.68 bits per heavy atom. The Balaban J connectivity index is 1.66. The van der Waals surface area contributed by atoms with Crippen LogP contribution in [0.25, 0.3) is 0 Å². The summed E-state index contributed by atoms with van der Waals surface area (Å²) in [5.74, 6) is -1.56. The molecule has 8 nitrogen and oxygen atoms in total. The number of hydrogen-bond donors (Lipinski definition) is 0. The average Bonchev–Trinajstić information content (AvgIpc) is 3.01. The molecule has 2 aliphatic rings. The van der Waals surface area contributed by atoms with Gasteiger partial charge in [0.05, 0.1) is 17.5 Å². The van der Waals surface area contributed by atoms with Crippen molar-refractivity contribution in [2.75, 3.05) is 18.1 Å². The minimum atomic E-state index is -3.19. The van der Waals surface area contributed by atoms with Gasteiger partial charge >= 0.3 is 5.97 Å². The summed E-state index contributed by atoms with van der Waals surface area (Å²) >= 11 is 0. The van der Waals surface area contributed by atoms with E-state index < -0.39 is 28.5 Å². The fourth-order valence-corrected chi connectivity index (χ4v) is 4.99. The van der Waals surface area contributed by atoms with Crippen LogP contribution in [-0.2, 0) is 24.2 Å². The highest BCUT2D eigenvalue weighted by Crippen LogP contribution is 2.22. The number of Topliss-reactive ketones (excluding diaryl/α,β-unsaturated/α-hetero) is 1. The van der Waals surface area contributed by atoms with Crippen molar-refractivity contribution in [3.05, 3.63) is 34.9 Å². The summed E-state index contributed by atoms with van der Waals surface area (Å²) in [6, 6.07) is 4.90. The van der Waals surface area contributed by atoms with Crippen LogP contribution in [0.5, 0.6) is 0 Å². The summed E-state index contributed by atoms with van der Waals surface area (Å²) in [6.07, 6.45) is 0.450. The molecule has 0 bridgehead atoms. The molecule has 1 atom stereocenters. The molecule has 0 aliphatic carbocycles. The molecule has 1 fully saturated rings. The molecule has 1 amide bonds. The summed E-state index contributed by atoms with van der Waals surface area (Å²) in [6.45, 7) is 3.25. The molecule has 2 heterocycles. The monoisotopic (exact) mass is 406 g/mol. The van der Waals surface area contributed by atoms with Gasteiger partial charge in [-0.25, -0.2) is 18.2 Å². The number of carbonyl (C=O) groups excluding carboxylic acids is 3. The van der Waals surface area contributed by atoms with Gasteiger partial charge in [-0.3, -0.25) is 9.59 Å². The molecule has 1 aromatic rings. The van der Waals surface area contributed by atoms with Crippen LogP contribution in [0.1, 0.15) is 40.7 Å². The lowest BCUT2D eigenvalue weighted by atomic mass is 10.0. The minimum absolute atomic E-state index is 0.00108. The van der Waals surface area contributed by atoms with Gasteiger partial charge in [0, 0.05) is 18.4 Å². The lowest BCUT2D eigenvalue weighted by molar-refractivity contribution is -0.136. The Morgan fingerprint density at radius 2 is 2.00 bits per heavy atom. The van der Waals surface area contributed by atoms with Gasteiger partial charge in [-0.05, 0) is 31.9 Å². The zero-order chi connectivity index (χ0) is 20.5. The van der Waals surface area contributed by atoms with Crippen LogP contribution in [0.15, 0.2) is 23.3 Å². The van der Waals surface area contributed by atoms with Gasteiger partial charge in [0.15, 0.2) is 16.4 Å². The standard InChI is InChI=1S/C19H22N2O6S/c1-12-3-4-13(2)15(9-12)17(22)10-27-19(24)16-5-6-18(23)21(20-16)14-7-8-28(25,26)11-14/h3-4,9,14H,5-8,10-11H2,1-2H3/t14-/m1/s1. The van der Waals surface area contributed by atoms with Gasteiger partial charge in [0.2, 0.25) is 11.7 Å². The van der Waals surface area contributed by atoms with Crippen LogP contribution in [0.2, 0.25) is 0 Å². The maximum atomic E-state index is 12.4. The molecule has 0 radical (unpaired) electrons. The largest absolute Gasteiger partial charge is 0.453 e. The summed E-state index contributed by atoms with van der Waals surface area (Å²) in [4.78, 5) is 36.8. The van der Waals surface area contributed by atoms with E-state index >= 15 is 0 Å². The van der Waals surface area contributed by atoms with E-state index in [4.69, 9.17) is 4.74 Å². The first kappa shape index (κ1) is 20.2. The summed E-state index contributed by atoms with van der Waals surface area (Å²) in [5.41, 5.74) is 2.24. The topological polar surface area (TPSA) is 110 Å². The van der Waals surface area contributed by atoms with Gasteiger partial charge in [0.25, 0.3) is 0 Å². The third-order valence-electron chi connectivity index (χ3n) is 4.88. The molecule has 28 heavy (non-hydrogen) atoms. The Bertz CT molecular complexity index is 967. The fraction of sp³-hybridized carbons (Fsp3) is 0.474. The lowest BCUT2D eigenvalue weighted by Crippen LogP contribution is -2.42. The number of hydrogen-bond acceptors (Lipinski definition) is 7. The highest BCUT2D eigenvalue weighted by molar-refractivity contribution is 7.91. The van der Waals surface area contributed by atoms with Gasteiger partial charge in [-0.1, -0.05) is 17.7 Å². The molecule has 0 aromatic heterocycles. The Morgan fingerprint density at radius 1 is 1.25 bits per heavy atom. The molecule has 0 saturated carbocycles. The number of nitrogens with zero attached hydrogens (tertiary/aromatic N) is 2. The SMILES string of the molecule is Cc1ccc(C)c(C(=O)COC(=O)C2=NN([C@@H]3CCS(=O)(=O)C3)C(=O)CC2)c1. The van der Waals surface area contributed by atoms with Crippen molar-refractivity contribution in [1.82, 2.24) is 5.01 Å². The quantitative estimate of drug-likeness (QED) is 0.537. The average molecular weight is 406 g/mol. The molecule has 0 N–H and O–H groups in total. The van der Waals surface area contributed by atoms with Crippen LogP contribution in [-0.4, -0.2) is 61.0 Å². The van der Waals surface area contributed by atoms with E-state index in [9.17, 15) is 22.8 Å². The highest BCUT2D eigenvalue weighted by atomic mass is 32.2. The molecule has 3 rings (SSSR count). The normalized spacial score (nSPS) is 21.4. The molecular weight excluding hydrogens is 384 g/mol. The van der Waals surface area contributed by atoms with Crippen LogP contribution in [0, 0.1) is 13.8 Å². The van der Waals surface area contributed by atoms with Crippen LogP contribution in [0.4, 0.5) is 0 Å². The zero-order valence-corrected chi connectivity index (χ0v) is 16.6. The van der Waals surface area contributed by atoms with Gasteiger partial charge in [0.1, 0.15) is 5.71 Å². The molecule has 9 heteroatoms. The van der Waals surface area contributed by atoms with Gasteiger partial charge in [-0.15, -0.1) is 0 Å². The molecular formula is C19H22N2O6S. The Kier molecular flexibility index (Phi) is 5.64. The van der Waals surface area contributed by atoms with E-state index in [0.717, 1.165) is 16.1 Å². The third kappa shape index (κ3) is 4.46. The van der Waals surface area contributed by atoms with E-state index in [1.54, 1.807) is 13.0 Å². The predicted octanol–water partition coefficient (Wildman–Crippen LogP) is 1.19.